The first-order valence-electron chi connectivity index (χ1n) is 10.1. The van der Waals surface area contributed by atoms with Crippen LogP contribution in [0.25, 0.3) is 0 Å². The number of aromatic amines is 1. The largest absolute Gasteiger partial charge is 0.492 e. The van der Waals surface area contributed by atoms with E-state index in [9.17, 15) is 9.59 Å². The van der Waals surface area contributed by atoms with Gasteiger partial charge in [0.1, 0.15) is 23.8 Å². The topological polar surface area (TPSA) is 87.8 Å². The van der Waals surface area contributed by atoms with Crippen LogP contribution in [-0.4, -0.2) is 70.0 Å². The zero-order valence-corrected chi connectivity index (χ0v) is 16.7. The Labute approximate surface area is 174 Å². The number of benzene rings is 1. The van der Waals surface area contributed by atoms with Crippen LogP contribution in [-0.2, 0) is 20.9 Å². The van der Waals surface area contributed by atoms with Crippen molar-refractivity contribution in [2.45, 2.75) is 18.2 Å². The van der Waals surface area contributed by atoms with E-state index in [2.05, 4.69) is 9.97 Å². The molecule has 4 heterocycles. The van der Waals surface area contributed by atoms with Gasteiger partial charge in [0.25, 0.3) is 0 Å². The molecule has 0 unspecified atom stereocenters. The summed E-state index contributed by atoms with van der Waals surface area (Å²) in [5.74, 6) is 0.342. The highest BCUT2D eigenvalue weighted by molar-refractivity contribution is 5.93. The summed E-state index contributed by atoms with van der Waals surface area (Å²) >= 11 is 0. The number of fused-ring (bicyclic) bond motifs is 1. The van der Waals surface area contributed by atoms with Crippen LogP contribution in [0.4, 0.5) is 0 Å². The number of H-pyrrole nitrogens is 1. The standard InChI is InChI=1S/C22H24N4O4/c1-25(13-17-23-9-10-24-17)20(27)18-16-7-8-22(30-16)14-26(21(28)19(18)22)11-12-29-15-5-3-2-4-6-15/h2-10,16,18-19H,11-14H2,1H3,(H,23,24)/t16-,18+,19-,22-/m0/s1. The van der Waals surface area contributed by atoms with Gasteiger partial charge < -0.3 is 24.3 Å². The van der Waals surface area contributed by atoms with E-state index < -0.39 is 17.4 Å². The minimum atomic E-state index is -0.708. The summed E-state index contributed by atoms with van der Waals surface area (Å²) in [6.45, 7) is 1.66. The normalized spacial score (nSPS) is 28.8. The summed E-state index contributed by atoms with van der Waals surface area (Å²) in [5, 5.41) is 0. The molecule has 3 aliphatic heterocycles. The molecule has 30 heavy (non-hydrogen) atoms. The lowest BCUT2D eigenvalue weighted by molar-refractivity contribution is -0.142. The minimum absolute atomic E-state index is 0.0386. The van der Waals surface area contributed by atoms with Gasteiger partial charge in [-0.1, -0.05) is 30.4 Å². The molecule has 1 spiro atoms. The number of nitrogens with zero attached hydrogens (tertiary/aromatic N) is 3. The fourth-order valence-corrected chi connectivity index (χ4v) is 4.78. The number of ether oxygens (including phenoxy) is 2. The number of imidazole rings is 1. The van der Waals surface area contributed by atoms with Gasteiger partial charge in [0.15, 0.2) is 0 Å². The number of para-hydroxylation sites is 1. The molecule has 2 bridgehead atoms. The molecule has 2 amide bonds. The van der Waals surface area contributed by atoms with Crippen molar-refractivity contribution >= 4 is 11.8 Å². The van der Waals surface area contributed by atoms with Crippen molar-refractivity contribution < 1.29 is 19.1 Å². The number of hydrogen-bond donors (Lipinski definition) is 1. The van der Waals surface area contributed by atoms with E-state index in [-0.39, 0.29) is 17.9 Å². The predicted molar refractivity (Wildman–Crippen MR) is 107 cm³/mol. The molecule has 1 aromatic heterocycles. The second-order valence-corrected chi connectivity index (χ2v) is 8.05. The predicted octanol–water partition coefficient (Wildman–Crippen LogP) is 1.23. The molecule has 156 valence electrons. The highest BCUT2D eigenvalue weighted by Crippen LogP contribution is 2.52. The molecule has 0 radical (unpaired) electrons. The molecule has 4 atom stereocenters. The molecule has 5 rings (SSSR count). The Kier molecular flexibility index (Phi) is 4.58. The van der Waals surface area contributed by atoms with Crippen molar-refractivity contribution in [3.8, 4) is 5.75 Å². The first-order chi connectivity index (χ1) is 14.6. The van der Waals surface area contributed by atoms with Crippen LogP contribution in [0.3, 0.4) is 0 Å². The molecular formula is C22H24N4O4. The Bertz CT molecular complexity index is 961. The monoisotopic (exact) mass is 408 g/mol. The van der Waals surface area contributed by atoms with E-state index >= 15 is 0 Å². The molecule has 3 aliphatic rings. The molecule has 1 N–H and O–H groups in total. The molecule has 0 saturated carbocycles. The first kappa shape index (κ1) is 18.9. The number of carbonyl (C=O) groups is 2. The molecule has 2 saturated heterocycles. The van der Waals surface area contributed by atoms with Crippen LogP contribution < -0.4 is 4.74 Å². The number of likely N-dealkylation sites (tertiary alicyclic amines) is 1. The molecular weight excluding hydrogens is 384 g/mol. The summed E-state index contributed by atoms with van der Waals surface area (Å²) < 4.78 is 11.9. The summed E-state index contributed by atoms with van der Waals surface area (Å²) in [4.78, 5) is 37.0. The molecule has 2 aromatic rings. The van der Waals surface area contributed by atoms with Crippen LogP contribution >= 0.6 is 0 Å². The number of hydrogen-bond acceptors (Lipinski definition) is 5. The Morgan fingerprint density at radius 3 is 3.00 bits per heavy atom. The van der Waals surface area contributed by atoms with Gasteiger partial charge in [-0.2, -0.15) is 0 Å². The zero-order valence-electron chi connectivity index (χ0n) is 16.7. The maximum absolute atomic E-state index is 13.2. The van der Waals surface area contributed by atoms with E-state index in [0.717, 1.165) is 5.75 Å². The van der Waals surface area contributed by atoms with Gasteiger partial charge in [-0.15, -0.1) is 0 Å². The SMILES string of the molecule is CN(Cc1ncc[nH]1)C(=O)[C@@H]1[C@@H]2C=C[C@@]3(CN(CCOc4ccccc4)C(=O)[C@H]13)O2. The van der Waals surface area contributed by atoms with Gasteiger partial charge in [-0.25, -0.2) is 4.98 Å². The van der Waals surface area contributed by atoms with Crippen molar-refractivity contribution in [2.75, 3.05) is 26.7 Å². The molecule has 0 aliphatic carbocycles. The maximum atomic E-state index is 13.2. The van der Waals surface area contributed by atoms with Crippen molar-refractivity contribution in [1.82, 2.24) is 19.8 Å². The summed E-state index contributed by atoms with van der Waals surface area (Å²) in [6.07, 6.45) is 6.92. The van der Waals surface area contributed by atoms with Crippen molar-refractivity contribution in [1.29, 1.82) is 0 Å². The van der Waals surface area contributed by atoms with Crippen molar-refractivity contribution in [3.05, 3.63) is 60.7 Å². The minimum Gasteiger partial charge on any atom is -0.492 e. The lowest BCUT2D eigenvalue weighted by Crippen LogP contribution is -2.44. The zero-order chi connectivity index (χ0) is 20.7. The Morgan fingerprint density at radius 1 is 1.40 bits per heavy atom. The quantitative estimate of drug-likeness (QED) is 0.697. The van der Waals surface area contributed by atoms with Gasteiger partial charge in [0.05, 0.1) is 37.6 Å². The summed E-state index contributed by atoms with van der Waals surface area (Å²) in [5.41, 5.74) is -0.708. The lowest BCUT2D eigenvalue weighted by Gasteiger charge is -2.27. The molecule has 8 nitrogen and oxygen atoms in total. The van der Waals surface area contributed by atoms with E-state index in [0.29, 0.717) is 32.1 Å². The maximum Gasteiger partial charge on any atom is 0.230 e. The van der Waals surface area contributed by atoms with Gasteiger partial charge in [0, 0.05) is 19.4 Å². The third-order valence-electron chi connectivity index (χ3n) is 6.16. The van der Waals surface area contributed by atoms with Crippen LogP contribution in [0.5, 0.6) is 5.75 Å². The third kappa shape index (κ3) is 3.08. The van der Waals surface area contributed by atoms with Crippen LogP contribution in [0.2, 0.25) is 0 Å². The van der Waals surface area contributed by atoms with Crippen LogP contribution in [0.15, 0.2) is 54.9 Å². The Morgan fingerprint density at radius 2 is 2.23 bits per heavy atom. The molecule has 1 aromatic carbocycles. The van der Waals surface area contributed by atoms with E-state index in [4.69, 9.17) is 9.47 Å². The molecule has 8 heteroatoms. The lowest BCUT2D eigenvalue weighted by atomic mass is 9.76. The highest BCUT2D eigenvalue weighted by Gasteiger charge is 2.67. The Hall–Kier alpha value is -3.13. The fraction of sp³-hybridized carbons (Fsp3) is 0.409. The second-order valence-electron chi connectivity index (χ2n) is 8.05. The van der Waals surface area contributed by atoms with E-state index in [1.807, 2.05) is 42.5 Å². The Balaban J connectivity index is 1.27. The molecule has 2 fully saturated rings. The fourth-order valence-electron chi connectivity index (χ4n) is 4.78. The van der Waals surface area contributed by atoms with Crippen LogP contribution in [0, 0.1) is 11.8 Å². The van der Waals surface area contributed by atoms with Gasteiger partial charge in [0.2, 0.25) is 11.8 Å². The van der Waals surface area contributed by atoms with Crippen molar-refractivity contribution in [3.63, 3.8) is 0 Å². The summed E-state index contributed by atoms with van der Waals surface area (Å²) in [7, 11) is 1.73. The number of amides is 2. The highest BCUT2D eigenvalue weighted by atomic mass is 16.5. The summed E-state index contributed by atoms with van der Waals surface area (Å²) in [6, 6.07) is 9.52. The smallest absolute Gasteiger partial charge is 0.230 e. The number of nitrogens with one attached hydrogen (secondary N) is 1. The second kappa shape index (κ2) is 7.28. The average Bonchev–Trinajstić information content (AvgIpc) is 3.51. The first-order valence-corrected chi connectivity index (χ1v) is 10.1. The van der Waals surface area contributed by atoms with Gasteiger partial charge in [-0.3, -0.25) is 9.59 Å². The van der Waals surface area contributed by atoms with Crippen LogP contribution in [0.1, 0.15) is 5.82 Å². The number of aromatic nitrogens is 2. The number of carbonyl (C=O) groups excluding carboxylic acids is 2. The van der Waals surface area contributed by atoms with E-state index in [1.54, 1.807) is 29.2 Å². The van der Waals surface area contributed by atoms with Crippen molar-refractivity contribution in [2.24, 2.45) is 11.8 Å². The third-order valence-corrected chi connectivity index (χ3v) is 6.16. The number of rotatable bonds is 7. The average molecular weight is 408 g/mol. The van der Waals surface area contributed by atoms with E-state index in [1.165, 1.54) is 0 Å². The van der Waals surface area contributed by atoms with Gasteiger partial charge in [-0.05, 0) is 12.1 Å². The van der Waals surface area contributed by atoms with Gasteiger partial charge >= 0.3 is 0 Å².